The van der Waals surface area contributed by atoms with Crippen molar-refractivity contribution in [1.82, 2.24) is 15.1 Å². The van der Waals surface area contributed by atoms with E-state index in [1.807, 2.05) is 59.5 Å². The molecule has 3 rings (SSSR count). The van der Waals surface area contributed by atoms with E-state index in [1.165, 1.54) is 0 Å². The van der Waals surface area contributed by atoms with Crippen molar-refractivity contribution >= 4 is 0 Å². The van der Waals surface area contributed by atoms with Crippen LogP contribution in [0.5, 0.6) is 5.75 Å². The first-order chi connectivity index (χ1) is 12.3. The average molecular weight is 334 g/mol. The van der Waals surface area contributed by atoms with Gasteiger partial charge in [0, 0.05) is 12.1 Å². The molecule has 0 N–H and O–H groups in total. The second kappa shape index (κ2) is 8.08. The summed E-state index contributed by atoms with van der Waals surface area (Å²) in [6, 6.07) is 19.6. The van der Waals surface area contributed by atoms with Gasteiger partial charge in [-0.15, -0.1) is 10.2 Å². The van der Waals surface area contributed by atoms with Crippen molar-refractivity contribution in [2.24, 2.45) is 0 Å². The summed E-state index contributed by atoms with van der Waals surface area (Å²) in [5.74, 6) is 1.71. The van der Waals surface area contributed by atoms with E-state index >= 15 is 0 Å². The summed E-state index contributed by atoms with van der Waals surface area (Å²) in [6.45, 7) is 1.36. The van der Waals surface area contributed by atoms with E-state index in [0.717, 1.165) is 16.9 Å². The standard InChI is InChI=1S/C19H18N4O2/c1-24-17-9-7-16(8-10-17)19-22-21-18(25-19)14-23(12-11-20)13-15-5-3-2-4-6-15/h2-10H,12-14H2,1H3. The quantitative estimate of drug-likeness (QED) is 0.617. The van der Waals surface area contributed by atoms with Gasteiger partial charge in [0.25, 0.3) is 0 Å². The molecule has 1 aromatic heterocycles. The molecule has 0 unspecified atom stereocenters. The van der Waals surface area contributed by atoms with Crippen LogP contribution in [0.1, 0.15) is 11.5 Å². The Labute approximate surface area is 146 Å². The molecule has 0 atom stereocenters. The molecule has 6 nitrogen and oxygen atoms in total. The number of aromatic nitrogens is 2. The van der Waals surface area contributed by atoms with E-state index in [1.54, 1.807) is 7.11 Å². The first kappa shape index (κ1) is 16.7. The fourth-order valence-corrected chi connectivity index (χ4v) is 2.47. The number of nitriles is 1. The molecule has 126 valence electrons. The summed E-state index contributed by atoms with van der Waals surface area (Å²) in [7, 11) is 1.62. The van der Waals surface area contributed by atoms with Crippen LogP contribution in [0.4, 0.5) is 0 Å². The smallest absolute Gasteiger partial charge is 0.247 e. The lowest BCUT2D eigenvalue weighted by Gasteiger charge is -2.16. The minimum atomic E-state index is 0.287. The molecule has 0 saturated heterocycles. The molecule has 0 amide bonds. The highest BCUT2D eigenvalue weighted by atomic mass is 16.5. The van der Waals surface area contributed by atoms with Gasteiger partial charge in [-0.25, -0.2) is 0 Å². The zero-order valence-corrected chi connectivity index (χ0v) is 13.9. The molecular formula is C19H18N4O2. The number of nitrogens with zero attached hydrogens (tertiary/aromatic N) is 4. The third-order valence-electron chi connectivity index (χ3n) is 3.71. The zero-order chi connectivity index (χ0) is 17.5. The monoisotopic (exact) mass is 334 g/mol. The number of hydrogen-bond acceptors (Lipinski definition) is 6. The van der Waals surface area contributed by atoms with Crippen LogP contribution in [0.3, 0.4) is 0 Å². The highest BCUT2D eigenvalue weighted by molar-refractivity contribution is 5.53. The Morgan fingerprint density at radius 2 is 1.80 bits per heavy atom. The Bertz CT molecular complexity index is 838. The molecule has 25 heavy (non-hydrogen) atoms. The van der Waals surface area contributed by atoms with Crippen LogP contribution in [-0.2, 0) is 13.1 Å². The van der Waals surface area contributed by atoms with Crippen LogP contribution in [-0.4, -0.2) is 28.8 Å². The fraction of sp³-hybridized carbons (Fsp3) is 0.211. The first-order valence-electron chi connectivity index (χ1n) is 7.88. The van der Waals surface area contributed by atoms with E-state index in [2.05, 4.69) is 16.3 Å². The normalized spacial score (nSPS) is 10.6. The van der Waals surface area contributed by atoms with Crippen molar-refractivity contribution in [2.45, 2.75) is 13.1 Å². The van der Waals surface area contributed by atoms with E-state index in [0.29, 0.717) is 24.9 Å². The molecule has 0 spiro atoms. The third-order valence-corrected chi connectivity index (χ3v) is 3.71. The van der Waals surface area contributed by atoms with Crippen molar-refractivity contribution in [3.05, 3.63) is 66.1 Å². The molecule has 3 aromatic rings. The van der Waals surface area contributed by atoms with Crippen molar-refractivity contribution in [2.75, 3.05) is 13.7 Å². The number of benzene rings is 2. The van der Waals surface area contributed by atoms with Gasteiger partial charge in [0.1, 0.15) is 5.75 Å². The average Bonchev–Trinajstić information content (AvgIpc) is 3.11. The lowest BCUT2D eigenvalue weighted by atomic mass is 10.2. The highest BCUT2D eigenvalue weighted by Crippen LogP contribution is 2.21. The van der Waals surface area contributed by atoms with Crippen LogP contribution in [0, 0.1) is 11.3 Å². The van der Waals surface area contributed by atoms with E-state index in [4.69, 9.17) is 14.4 Å². The minimum Gasteiger partial charge on any atom is -0.497 e. The van der Waals surface area contributed by atoms with Crippen molar-refractivity contribution in [3.8, 4) is 23.3 Å². The molecule has 6 heteroatoms. The zero-order valence-electron chi connectivity index (χ0n) is 13.9. The molecule has 1 heterocycles. The molecule has 0 radical (unpaired) electrons. The Kier molecular flexibility index (Phi) is 5.39. The lowest BCUT2D eigenvalue weighted by Crippen LogP contribution is -2.23. The van der Waals surface area contributed by atoms with Gasteiger partial charge in [0.05, 0.1) is 26.3 Å². The van der Waals surface area contributed by atoms with Crippen LogP contribution in [0.2, 0.25) is 0 Å². The summed E-state index contributed by atoms with van der Waals surface area (Å²) in [6.07, 6.45) is 0. The molecule has 0 fully saturated rings. The summed E-state index contributed by atoms with van der Waals surface area (Å²) in [5.41, 5.74) is 1.96. The van der Waals surface area contributed by atoms with Crippen molar-refractivity contribution in [3.63, 3.8) is 0 Å². The fourth-order valence-electron chi connectivity index (χ4n) is 2.47. The molecular weight excluding hydrogens is 316 g/mol. The Balaban J connectivity index is 1.70. The van der Waals surface area contributed by atoms with Gasteiger partial charge in [0.2, 0.25) is 11.8 Å². The minimum absolute atomic E-state index is 0.287. The lowest BCUT2D eigenvalue weighted by molar-refractivity contribution is 0.258. The number of methoxy groups -OCH3 is 1. The predicted octanol–water partition coefficient (Wildman–Crippen LogP) is 3.27. The molecule has 0 bridgehead atoms. The topological polar surface area (TPSA) is 75.2 Å². The molecule has 0 saturated carbocycles. The van der Waals surface area contributed by atoms with Gasteiger partial charge < -0.3 is 9.15 Å². The SMILES string of the molecule is COc1ccc(-c2nnc(CN(CC#N)Cc3ccccc3)o2)cc1. The summed E-state index contributed by atoms with van der Waals surface area (Å²) >= 11 is 0. The van der Waals surface area contributed by atoms with Crippen LogP contribution in [0.25, 0.3) is 11.5 Å². The number of ether oxygens (including phenoxy) is 1. The predicted molar refractivity (Wildman–Crippen MR) is 92.5 cm³/mol. The van der Waals surface area contributed by atoms with Crippen LogP contribution < -0.4 is 4.74 Å². The van der Waals surface area contributed by atoms with Gasteiger partial charge in [0.15, 0.2) is 0 Å². The van der Waals surface area contributed by atoms with Gasteiger partial charge >= 0.3 is 0 Å². The van der Waals surface area contributed by atoms with Crippen LogP contribution >= 0.6 is 0 Å². The number of rotatable bonds is 7. The van der Waals surface area contributed by atoms with E-state index in [-0.39, 0.29) is 6.54 Å². The van der Waals surface area contributed by atoms with Gasteiger partial charge in [-0.05, 0) is 29.8 Å². The maximum absolute atomic E-state index is 9.06. The van der Waals surface area contributed by atoms with Gasteiger partial charge in [-0.1, -0.05) is 30.3 Å². The molecule has 0 aliphatic heterocycles. The van der Waals surface area contributed by atoms with Crippen LogP contribution in [0.15, 0.2) is 59.0 Å². The second-order valence-electron chi connectivity index (χ2n) is 5.52. The maximum Gasteiger partial charge on any atom is 0.247 e. The Hall–Kier alpha value is -3.17. The van der Waals surface area contributed by atoms with Crippen molar-refractivity contribution in [1.29, 1.82) is 5.26 Å². The van der Waals surface area contributed by atoms with E-state index in [9.17, 15) is 0 Å². The molecule has 0 aliphatic rings. The Morgan fingerprint density at radius 3 is 2.48 bits per heavy atom. The maximum atomic E-state index is 9.06. The Morgan fingerprint density at radius 1 is 1.04 bits per heavy atom. The molecule has 2 aromatic carbocycles. The highest BCUT2D eigenvalue weighted by Gasteiger charge is 2.13. The van der Waals surface area contributed by atoms with Gasteiger partial charge in [-0.3, -0.25) is 4.90 Å². The number of hydrogen-bond donors (Lipinski definition) is 0. The molecule has 0 aliphatic carbocycles. The second-order valence-corrected chi connectivity index (χ2v) is 5.52. The third kappa shape index (κ3) is 4.43. The first-order valence-corrected chi connectivity index (χ1v) is 7.88. The largest absolute Gasteiger partial charge is 0.497 e. The summed E-state index contributed by atoms with van der Waals surface area (Å²) in [5, 5.41) is 17.3. The van der Waals surface area contributed by atoms with Crippen molar-refractivity contribution < 1.29 is 9.15 Å². The summed E-state index contributed by atoms with van der Waals surface area (Å²) in [4.78, 5) is 1.96. The van der Waals surface area contributed by atoms with E-state index < -0.39 is 0 Å². The summed E-state index contributed by atoms with van der Waals surface area (Å²) < 4.78 is 10.9. The van der Waals surface area contributed by atoms with Gasteiger partial charge in [-0.2, -0.15) is 5.26 Å².